The van der Waals surface area contributed by atoms with Crippen LogP contribution in [0, 0.1) is 0 Å². The van der Waals surface area contributed by atoms with Gasteiger partial charge in [-0.1, -0.05) is 12.2 Å². The fraction of sp³-hybridized carbons (Fsp3) is 0.500. The smallest absolute Gasteiger partial charge is 0.126 e. The normalized spacial score (nSPS) is 14.2. The summed E-state index contributed by atoms with van der Waals surface area (Å²) in [7, 11) is 0. The molecule has 72 valence electrons. The van der Waals surface area contributed by atoms with Crippen molar-refractivity contribution in [2.75, 3.05) is 0 Å². The maximum atomic E-state index is 5.61. The zero-order chi connectivity index (χ0) is 9.83. The van der Waals surface area contributed by atoms with Crippen LogP contribution >= 0.6 is 66.5 Å². The molecule has 0 atom stereocenters. The van der Waals surface area contributed by atoms with Crippen LogP contribution in [0.2, 0.25) is 12.1 Å². The Morgan fingerprint density at radius 1 is 0.667 bits per heavy atom. The predicted molar refractivity (Wildman–Crippen MR) is 65.4 cm³/mol. The topological polar surface area (TPSA) is 0 Å². The molecule has 0 rings (SSSR count). The first-order chi connectivity index (χ1) is 5.21. The van der Waals surface area contributed by atoms with Gasteiger partial charge in [-0.2, -0.15) is 0 Å². The van der Waals surface area contributed by atoms with E-state index >= 15 is 0 Å². The molecule has 0 aliphatic heterocycles. The van der Waals surface area contributed by atoms with E-state index in [2.05, 4.69) is 0 Å². The zero-order valence-electron chi connectivity index (χ0n) is 5.84. The maximum absolute atomic E-state index is 5.61. The molecule has 0 aromatic rings. The predicted octanol–water partition coefficient (Wildman–Crippen LogP) is 4.85. The van der Waals surface area contributed by atoms with Crippen LogP contribution in [0.5, 0.6) is 0 Å². The second kappa shape index (κ2) is 5.71. The molecule has 0 aromatic carbocycles. The van der Waals surface area contributed by atoms with E-state index in [4.69, 9.17) is 66.5 Å². The lowest BCUT2D eigenvalue weighted by Crippen LogP contribution is -2.08. The first kappa shape index (κ1) is 13.9. The lowest BCUT2D eigenvalue weighted by atomic mass is 10.6. The highest BCUT2D eigenvalue weighted by Crippen LogP contribution is 2.28. The average molecular weight is 323 g/mol. The summed E-state index contributed by atoms with van der Waals surface area (Å²) < 4.78 is 0. The molecular weight excluding hydrogens is 317 g/mol. The van der Waals surface area contributed by atoms with Crippen LogP contribution in [-0.4, -0.2) is 12.0 Å². The van der Waals surface area contributed by atoms with E-state index in [9.17, 15) is 0 Å². The molecule has 0 saturated heterocycles. The molecule has 0 aliphatic rings. The Bertz CT molecular complexity index is 138. The summed E-state index contributed by atoms with van der Waals surface area (Å²) in [5, 5.41) is 0. The fourth-order valence-electron chi connectivity index (χ4n) is 0.434. The van der Waals surface area contributed by atoms with Crippen molar-refractivity contribution >= 4 is 78.5 Å². The molecule has 8 heteroatoms. The molecule has 0 saturated carbocycles. The molecule has 0 heterocycles. The molecule has 0 spiro atoms. The number of rotatable bonds is 4. The second-order valence-electron chi connectivity index (χ2n) is 2.11. The Balaban J connectivity index is 3.66. The van der Waals surface area contributed by atoms with Crippen LogP contribution in [0.3, 0.4) is 0 Å². The molecule has 12 heavy (non-hydrogen) atoms. The van der Waals surface area contributed by atoms with Crippen molar-refractivity contribution < 1.29 is 0 Å². The van der Waals surface area contributed by atoms with Crippen molar-refractivity contribution in [2.45, 2.75) is 12.1 Å². The molecule has 0 nitrogen and oxygen atoms in total. The van der Waals surface area contributed by atoms with Crippen molar-refractivity contribution in [3.63, 3.8) is 0 Å². The third kappa shape index (κ3) is 11.9. The minimum atomic E-state index is -2.54. The van der Waals surface area contributed by atoms with Crippen molar-refractivity contribution in [2.24, 2.45) is 0 Å². The van der Waals surface area contributed by atoms with Crippen LogP contribution in [0.1, 0.15) is 0 Å². The fourth-order valence-corrected chi connectivity index (χ4v) is 2.91. The SMILES string of the molecule is Cl[Si](Cl)(Cl)CC=CC[Si](Cl)(Cl)Cl. The maximum Gasteiger partial charge on any atom is 0.344 e. The van der Waals surface area contributed by atoms with Gasteiger partial charge in [0.15, 0.2) is 0 Å². The molecule has 0 aliphatic carbocycles. The van der Waals surface area contributed by atoms with Gasteiger partial charge < -0.3 is 0 Å². The summed E-state index contributed by atoms with van der Waals surface area (Å²) in [6.07, 6.45) is 3.52. The number of allylic oxidation sites excluding steroid dienone is 2. The minimum absolute atomic E-state index is 0.465. The summed E-state index contributed by atoms with van der Waals surface area (Å²) in [4.78, 5) is 0. The highest BCUT2D eigenvalue weighted by molar-refractivity contribution is 7.65. The van der Waals surface area contributed by atoms with Crippen molar-refractivity contribution in [1.29, 1.82) is 0 Å². The molecule has 0 fully saturated rings. The summed E-state index contributed by atoms with van der Waals surface area (Å²) in [6, 6.07) is -4.14. The molecule has 0 bridgehead atoms. The van der Waals surface area contributed by atoms with Gasteiger partial charge in [0.2, 0.25) is 0 Å². The lowest BCUT2D eigenvalue weighted by molar-refractivity contribution is 1.59. The molecule has 0 unspecified atom stereocenters. The molecular formula is C4H6Cl6Si2. The van der Waals surface area contributed by atoms with Gasteiger partial charge in [-0.3, -0.25) is 0 Å². The molecule has 0 radical (unpaired) electrons. The van der Waals surface area contributed by atoms with E-state index in [1.807, 2.05) is 0 Å². The zero-order valence-corrected chi connectivity index (χ0v) is 12.4. The summed E-state index contributed by atoms with van der Waals surface area (Å²) in [5.41, 5.74) is 0. The van der Waals surface area contributed by atoms with E-state index in [1.54, 1.807) is 12.2 Å². The Morgan fingerprint density at radius 2 is 0.917 bits per heavy atom. The quantitative estimate of drug-likeness (QED) is 0.394. The lowest BCUT2D eigenvalue weighted by Gasteiger charge is -2.04. The Hall–Kier alpha value is 1.91. The van der Waals surface area contributed by atoms with Crippen molar-refractivity contribution in [3.05, 3.63) is 12.2 Å². The molecule has 0 amide bonds. The molecule has 0 N–H and O–H groups in total. The Morgan fingerprint density at radius 3 is 1.08 bits per heavy atom. The van der Waals surface area contributed by atoms with Gasteiger partial charge in [-0.05, 0) is 0 Å². The van der Waals surface area contributed by atoms with Crippen molar-refractivity contribution in [1.82, 2.24) is 0 Å². The third-order valence-electron chi connectivity index (χ3n) is 0.865. The van der Waals surface area contributed by atoms with Gasteiger partial charge in [-0.15, -0.1) is 66.5 Å². The molecule has 0 aromatic heterocycles. The van der Waals surface area contributed by atoms with Gasteiger partial charge in [0.1, 0.15) is 0 Å². The van der Waals surface area contributed by atoms with E-state index in [0.29, 0.717) is 12.1 Å². The number of hydrogen-bond donors (Lipinski definition) is 0. The number of halogens is 6. The minimum Gasteiger partial charge on any atom is -0.126 e. The highest BCUT2D eigenvalue weighted by Gasteiger charge is 2.24. The van der Waals surface area contributed by atoms with Crippen LogP contribution < -0.4 is 0 Å². The van der Waals surface area contributed by atoms with Crippen LogP contribution in [0.25, 0.3) is 0 Å². The first-order valence-electron chi connectivity index (χ1n) is 2.99. The van der Waals surface area contributed by atoms with Crippen molar-refractivity contribution in [3.8, 4) is 0 Å². The third-order valence-corrected chi connectivity index (χ3v) is 5.04. The van der Waals surface area contributed by atoms with Crippen LogP contribution in [-0.2, 0) is 0 Å². The summed E-state index contributed by atoms with van der Waals surface area (Å²) in [6.45, 7) is 0. The van der Waals surface area contributed by atoms with Gasteiger partial charge >= 0.3 is 12.0 Å². The van der Waals surface area contributed by atoms with Gasteiger partial charge in [-0.25, -0.2) is 0 Å². The van der Waals surface area contributed by atoms with E-state index < -0.39 is 12.0 Å². The summed E-state index contributed by atoms with van der Waals surface area (Å²) >= 11 is 33.7. The van der Waals surface area contributed by atoms with Gasteiger partial charge in [0, 0.05) is 12.1 Å². The van der Waals surface area contributed by atoms with Gasteiger partial charge in [0.05, 0.1) is 0 Å². The second-order valence-corrected chi connectivity index (χ2v) is 20.5. The van der Waals surface area contributed by atoms with E-state index in [-0.39, 0.29) is 0 Å². The van der Waals surface area contributed by atoms with E-state index in [1.165, 1.54) is 0 Å². The summed E-state index contributed by atoms with van der Waals surface area (Å²) in [5.74, 6) is 0. The monoisotopic (exact) mass is 320 g/mol. The largest absolute Gasteiger partial charge is 0.344 e. The Labute approximate surface area is 102 Å². The van der Waals surface area contributed by atoms with Crippen LogP contribution in [0.4, 0.5) is 0 Å². The Kier molecular flexibility index (Phi) is 6.62. The number of hydrogen-bond acceptors (Lipinski definition) is 0. The van der Waals surface area contributed by atoms with Crippen LogP contribution in [0.15, 0.2) is 12.2 Å². The first-order valence-corrected chi connectivity index (χ1v) is 13.5. The standard InChI is InChI=1S/C4H6Cl6Si2/c5-11(6,7)3-1-2-4-12(8,9)10/h1-2H,3-4H2. The van der Waals surface area contributed by atoms with Gasteiger partial charge in [0.25, 0.3) is 0 Å². The average Bonchev–Trinajstić information content (AvgIpc) is 1.76. The highest BCUT2D eigenvalue weighted by atomic mass is 35.8. The van der Waals surface area contributed by atoms with E-state index in [0.717, 1.165) is 0 Å².